The summed E-state index contributed by atoms with van der Waals surface area (Å²) in [4.78, 5) is 12.0. The van der Waals surface area contributed by atoms with E-state index in [0.29, 0.717) is 18.8 Å². The van der Waals surface area contributed by atoms with Gasteiger partial charge in [-0.3, -0.25) is 9.48 Å². The van der Waals surface area contributed by atoms with E-state index < -0.39 is 0 Å². The number of ether oxygens (including phenoxy) is 1. The van der Waals surface area contributed by atoms with E-state index in [1.165, 1.54) is 0 Å². The Morgan fingerprint density at radius 2 is 2.24 bits per heavy atom. The summed E-state index contributed by atoms with van der Waals surface area (Å²) < 4.78 is 6.53. The first-order valence-corrected chi connectivity index (χ1v) is 6.79. The summed E-state index contributed by atoms with van der Waals surface area (Å²) in [5.74, 6) is -0.0947. The van der Waals surface area contributed by atoms with Crippen molar-refractivity contribution in [3.63, 3.8) is 0 Å². The van der Waals surface area contributed by atoms with Crippen LogP contribution in [-0.4, -0.2) is 35.9 Å². The lowest BCUT2D eigenvalue weighted by Gasteiger charge is -2.12. The SMILES string of the molecule is COCCNC(=O)C(C)n1cc(-c2ccccc2N)cn1. The van der Waals surface area contributed by atoms with Crippen LogP contribution in [0.2, 0.25) is 0 Å². The molecule has 2 rings (SSSR count). The molecule has 1 aromatic heterocycles. The second kappa shape index (κ2) is 6.90. The Morgan fingerprint density at radius 1 is 1.48 bits per heavy atom. The van der Waals surface area contributed by atoms with Gasteiger partial charge in [0.15, 0.2) is 0 Å². The van der Waals surface area contributed by atoms with Crippen molar-refractivity contribution in [3.8, 4) is 11.1 Å². The van der Waals surface area contributed by atoms with Crippen molar-refractivity contribution in [2.45, 2.75) is 13.0 Å². The molecule has 6 nitrogen and oxygen atoms in total. The van der Waals surface area contributed by atoms with Gasteiger partial charge < -0.3 is 15.8 Å². The molecule has 0 fully saturated rings. The number of nitrogens with one attached hydrogen (secondary N) is 1. The number of aromatic nitrogens is 2. The fourth-order valence-electron chi connectivity index (χ4n) is 1.99. The number of nitrogen functional groups attached to an aromatic ring is 1. The number of rotatable bonds is 6. The maximum Gasteiger partial charge on any atom is 0.244 e. The number of para-hydroxylation sites is 1. The van der Waals surface area contributed by atoms with E-state index in [2.05, 4.69) is 10.4 Å². The molecule has 112 valence electrons. The molecule has 0 aliphatic heterocycles. The molecule has 0 radical (unpaired) electrons. The summed E-state index contributed by atoms with van der Waals surface area (Å²) in [6.45, 7) is 2.77. The Morgan fingerprint density at radius 3 is 2.95 bits per heavy atom. The van der Waals surface area contributed by atoms with Crippen LogP contribution in [0.3, 0.4) is 0 Å². The van der Waals surface area contributed by atoms with Crippen LogP contribution in [0.5, 0.6) is 0 Å². The largest absolute Gasteiger partial charge is 0.398 e. The molecular weight excluding hydrogens is 268 g/mol. The third-order valence-corrected chi connectivity index (χ3v) is 3.25. The van der Waals surface area contributed by atoms with Gasteiger partial charge >= 0.3 is 0 Å². The number of nitrogens with zero attached hydrogens (tertiary/aromatic N) is 2. The van der Waals surface area contributed by atoms with Gasteiger partial charge in [-0.15, -0.1) is 0 Å². The minimum atomic E-state index is -0.388. The Balaban J connectivity index is 2.09. The van der Waals surface area contributed by atoms with Crippen LogP contribution in [0.4, 0.5) is 5.69 Å². The Hall–Kier alpha value is -2.34. The Bertz CT molecular complexity index is 609. The van der Waals surface area contributed by atoms with Crippen LogP contribution in [0, 0.1) is 0 Å². The first kappa shape index (κ1) is 15.1. The van der Waals surface area contributed by atoms with Crippen molar-refractivity contribution >= 4 is 11.6 Å². The minimum absolute atomic E-state index is 0.0947. The average Bonchev–Trinajstić information content (AvgIpc) is 2.96. The predicted octanol–water partition coefficient (Wildman–Crippen LogP) is 1.46. The van der Waals surface area contributed by atoms with Crippen molar-refractivity contribution in [1.82, 2.24) is 15.1 Å². The van der Waals surface area contributed by atoms with Crippen molar-refractivity contribution < 1.29 is 9.53 Å². The summed E-state index contributed by atoms with van der Waals surface area (Å²) in [7, 11) is 1.60. The van der Waals surface area contributed by atoms with Crippen LogP contribution in [0.15, 0.2) is 36.7 Å². The fraction of sp³-hybridized carbons (Fsp3) is 0.333. The highest BCUT2D eigenvalue weighted by atomic mass is 16.5. The van der Waals surface area contributed by atoms with E-state index in [1.807, 2.05) is 30.5 Å². The monoisotopic (exact) mass is 288 g/mol. The second-order valence-electron chi connectivity index (χ2n) is 4.76. The highest BCUT2D eigenvalue weighted by molar-refractivity contribution is 5.80. The van der Waals surface area contributed by atoms with Crippen molar-refractivity contribution in [2.24, 2.45) is 0 Å². The molecule has 2 aromatic rings. The van der Waals surface area contributed by atoms with Crippen molar-refractivity contribution in [3.05, 3.63) is 36.7 Å². The number of benzene rings is 1. The van der Waals surface area contributed by atoms with Crippen molar-refractivity contribution in [2.75, 3.05) is 26.0 Å². The molecule has 0 aliphatic rings. The number of carbonyl (C=O) groups is 1. The number of amides is 1. The van der Waals surface area contributed by atoms with E-state index in [1.54, 1.807) is 24.9 Å². The smallest absolute Gasteiger partial charge is 0.244 e. The number of methoxy groups -OCH3 is 1. The number of hydrogen-bond acceptors (Lipinski definition) is 4. The standard InChI is InChI=1S/C15H20N4O2/c1-11(15(20)17-7-8-21-2)19-10-12(9-18-19)13-5-3-4-6-14(13)16/h3-6,9-11H,7-8,16H2,1-2H3,(H,17,20). The van der Waals surface area contributed by atoms with Gasteiger partial charge in [-0.05, 0) is 13.0 Å². The molecule has 0 saturated carbocycles. The third-order valence-electron chi connectivity index (χ3n) is 3.25. The predicted molar refractivity (Wildman–Crippen MR) is 81.7 cm³/mol. The van der Waals surface area contributed by atoms with E-state index in [0.717, 1.165) is 11.1 Å². The van der Waals surface area contributed by atoms with Gasteiger partial charge in [0.05, 0.1) is 12.8 Å². The summed E-state index contributed by atoms with van der Waals surface area (Å²) in [6, 6.07) is 7.19. The zero-order valence-electron chi connectivity index (χ0n) is 12.2. The molecule has 1 heterocycles. The average molecular weight is 288 g/mol. The van der Waals surface area contributed by atoms with Crippen LogP contribution in [-0.2, 0) is 9.53 Å². The van der Waals surface area contributed by atoms with Gasteiger partial charge in [0.25, 0.3) is 0 Å². The van der Waals surface area contributed by atoms with Crippen LogP contribution in [0.25, 0.3) is 11.1 Å². The number of carbonyl (C=O) groups excluding carboxylic acids is 1. The van der Waals surface area contributed by atoms with Gasteiger partial charge in [0.1, 0.15) is 6.04 Å². The fourth-order valence-corrected chi connectivity index (χ4v) is 1.99. The Labute approximate surface area is 123 Å². The molecule has 0 saturated heterocycles. The van der Waals surface area contributed by atoms with Crippen LogP contribution >= 0.6 is 0 Å². The minimum Gasteiger partial charge on any atom is -0.398 e. The molecule has 0 aliphatic carbocycles. The number of nitrogens with two attached hydrogens (primary N) is 1. The van der Waals surface area contributed by atoms with Gasteiger partial charge in [-0.2, -0.15) is 5.10 Å². The molecule has 21 heavy (non-hydrogen) atoms. The topological polar surface area (TPSA) is 82.2 Å². The second-order valence-corrected chi connectivity index (χ2v) is 4.76. The molecular formula is C15H20N4O2. The van der Waals surface area contributed by atoms with E-state index in [-0.39, 0.29) is 11.9 Å². The van der Waals surface area contributed by atoms with E-state index in [4.69, 9.17) is 10.5 Å². The number of anilines is 1. The van der Waals surface area contributed by atoms with Crippen molar-refractivity contribution in [1.29, 1.82) is 0 Å². The third kappa shape index (κ3) is 3.61. The summed E-state index contributed by atoms with van der Waals surface area (Å²) in [5.41, 5.74) is 8.44. The number of hydrogen-bond donors (Lipinski definition) is 2. The molecule has 1 unspecified atom stereocenters. The molecule has 1 aromatic carbocycles. The zero-order valence-corrected chi connectivity index (χ0v) is 12.2. The summed E-state index contributed by atoms with van der Waals surface area (Å²) in [6.07, 6.45) is 3.54. The van der Waals surface area contributed by atoms with E-state index in [9.17, 15) is 4.79 Å². The molecule has 0 spiro atoms. The van der Waals surface area contributed by atoms with Gasteiger partial charge in [-0.25, -0.2) is 0 Å². The maximum atomic E-state index is 12.0. The van der Waals surface area contributed by atoms with Crippen LogP contribution in [0.1, 0.15) is 13.0 Å². The molecule has 1 atom stereocenters. The molecule has 1 amide bonds. The molecule has 3 N–H and O–H groups in total. The van der Waals surface area contributed by atoms with Gasteiger partial charge in [0, 0.05) is 36.7 Å². The normalized spacial score (nSPS) is 12.1. The first-order valence-electron chi connectivity index (χ1n) is 6.79. The lowest BCUT2D eigenvalue weighted by Crippen LogP contribution is -2.33. The van der Waals surface area contributed by atoms with E-state index >= 15 is 0 Å². The van der Waals surface area contributed by atoms with Gasteiger partial charge in [0.2, 0.25) is 5.91 Å². The highest BCUT2D eigenvalue weighted by Gasteiger charge is 2.16. The Kier molecular flexibility index (Phi) is 4.94. The maximum absolute atomic E-state index is 12.0. The quantitative estimate of drug-likeness (QED) is 0.622. The lowest BCUT2D eigenvalue weighted by atomic mass is 10.1. The molecule has 6 heteroatoms. The summed E-state index contributed by atoms with van der Waals surface area (Å²) >= 11 is 0. The zero-order chi connectivity index (χ0) is 15.2. The lowest BCUT2D eigenvalue weighted by molar-refractivity contribution is -0.124. The summed E-state index contributed by atoms with van der Waals surface area (Å²) in [5, 5.41) is 7.04. The van der Waals surface area contributed by atoms with Gasteiger partial charge in [-0.1, -0.05) is 18.2 Å². The highest BCUT2D eigenvalue weighted by Crippen LogP contribution is 2.25. The first-order chi connectivity index (χ1) is 10.1. The molecule has 0 bridgehead atoms. The van der Waals surface area contributed by atoms with Crippen LogP contribution < -0.4 is 11.1 Å².